The summed E-state index contributed by atoms with van der Waals surface area (Å²) in [6, 6.07) is 10.5. The summed E-state index contributed by atoms with van der Waals surface area (Å²) < 4.78 is 5.83. The van der Waals surface area contributed by atoms with Gasteiger partial charge in [0.2, 0.25) is 5.91 Å². The lowest BCUT2D eigenvalue weighted by molar-refractivity contribution is -0.119. The fourth-order valence-electron chi connectivity index (χ4n) is 3.31. The van der Waals surface area contributed by atoms with Gasteiger partial charge in [-0.15, -0.1) is 0 Å². The minimum absolute atomic E-state index is 0.264. The Morgan fingerprint density at radius 2 is 2.12 bits per heavy atom. The molecule has 26 heavy (non-hydrogen) atoms. The molecule has 0 unspecified atom stereocenters. The summed E-state index contributed by atoms with van der Waals surface area (Å²) in [5, 5.41) is 7.93. The van der Waals surface area contributed by atoms with Crippen LogP contribution in [0.3, 0.4) is 0 Å². The molecule has 0 bridgehead atoms. The Labute approximate surface area is 153 Å². The third-order valence-electron chi connectivity index (χ3n) is 4.67. The SMILES string of the molecule is CN=C(NCCc1cc2ccccc2o1)NC1CCN(CC(N)=O)CC1. The maximum absolute atomic E-state index is 11.0. The van der Waals surface area contributed by atoms with Gasteiger partial charge in [-0.2, -0.15) is 0 Å². The molecule has 1 fully saturated rings. The molecule has 140 valence electrons. The van der Waals surface area contributed by atoms with Crippen LogP contribution in [0.1, 0.15) is 18.6 Å². The zero-order chi connectivity index (χ0) is 18.4. The molecule has 1 saturated heterocycles. The van der Waals surface area contributed by atoms with Crippen LogP contribution in [0, 0.1) is 0 Å². The van der Waals surface area contributed by atoms with E-state index in [0.29, 0.717) is 12.6 Å². The molecule has 1 aromatic heterocycles. The molecule has 0 saturated carbocycles. The quantitative estimate of drug-likeness (QED) is 0.531. The van der Waals surface area contributed by atoms with Crippen LogP contribution in [0.4, 0.5) is 0 Å². The topological polar surface area (TPSA) is 95.9 Å². The molecule has 1 amide bonds. The number of carbonyl (C=O) groups excluding carboxylic acids is 1. The minimum atomic E-state index is -0.264. The summed E-state index contributed by atoms with van der Waals surface area (Å²) in [4.78, 5) is 17.4. The first-order chi connectivity index (χ1) is 12.6. The summed E-state index contributed by atoms with van der Waals surface area (Å²) in [6.07, 6.45) is 2.74. The van der Waals surface area contributed by atoms with Gasteiger partial charge in [-0.25, -0.2) is 0 Å². The fraction of sp³-hybridized carbons (Fsp3) is 0.474. The molecular weight excluding hydrogens is 330 g/mol. The van der Waals surface area contributed by atoms with Crippen molar-refractivity contribution < 1.29 is 9.21 Å². The number of piperidine rings is 1. The largest absolute Gasteiger partial charge is 0.461 e. The monoisotopic (exact) mass is 357 g/mol. The highest BCUT2D eigenvalue weighted by Crippen LogP contribution is 2.18. The second-order valence-corrected chi connectivity index (χ2v) is 6.66. The Hall–Kier alpha value is -2.54. The number of likely N-dealkylation sites (tertiary alicyclic amines) is 1. The van der Waals surface area contributed by atoms with E-state index in [1.54, 1.807) is 7.05 Å². The van der Waals surface area contributed by atoms with Gasteiger partial charge in [-0.3, -0.25) is 14.7 Å². The van der Waals surface area contributed by atoms with E-state index in [2.05, 4.69) is 32.7 Å². The van der Waals surface area contributed by atoms with Crippen molar-refractivity contribution in [1.82, 2.24) is 15.5 Å². The molecule has 0 aliphatic carbocycles. The normalized spacial score (nSPS) is 16.7. The number of rotatable bonds is 6. The Balaban J connectivity index is 1.41. The molecule has 7 nitrogen and oxygen atoms in total. The van der Waals surface area contributed by atoms with Gasteiger partial charge in [0.15, 0.2) is 5.96 Å². The molecule has 1 aliphatic rings. The predicted molar refractivity (Wildman–Crippen MR) is 103 cm³/mol. The standard InChI is InChI=1S/C19H27N5O2/c1-21-19(23-15-7-10-24(11-8-15)13-18(20)25)22-9-6-16-12-14-4-2-3-5-17(14)26-16/h2-5,12,15H,6-11,13H2,1H3,(H2,20,25)(H2,21,22,23). The van der Waals surface area contributed by atoms with E-state index in [1.807, 2.05) is 18.2 Å². The molecule has 1 aromatic carbocycles. The molecule has 0 atom stereocenters. The highest BCUT2D eigenvalue weighted by molar-refractivity contribution is 5.80. The lowest BCUT2D eigenvalue weighted by Crippen LogP contribution is -2.50. The van der Waals surface area contributed by atoms with E-state index in [1.165, 1.54) is 0 Å². The van der Waals surface area contributed by atoms with Crippen molar-refractivity contribution in [3.05, 3.63) is 36.1 Å². The molecule has 0 spiro atoms. The number of amides is 1. The Morgan fingerprint density at radius 3 is 2.81 bits per heavy atom. The van der Waals surface area contributed by atoms with E-state index < -0.39 is 0 Å². The van der Waals surface area contributed by atoms with Gasteiger partial charge in [0.25, 0.3) is 0 Å². The Bertz CT molecular complexity index is 729. The zero-order valence-corrected chi connectivity index (χ0v) is 15.2. The number of hydrogen-bond donors (Lipinski definition) is 3. The number of hydrogen-bond acceptors (Lipinski definition) is 4. The summed E-state index contributed by atoms with van der Waals surface area (Å²) in [7, 11) is 1.78. The summed E-state index contributed by atoms with van der Waals surface area (Å²) in [5.41, 5.74) is 6.18. The number of nitrogens with two attached hydrogens (primary N) is 1. The minimum Gasteiger partial charge on any atom is -0.461 e. The third-order valence-corrected chi connectivity index (χ3v) is 4.67. The number of carbonyl (C=O) groups is 1. The molecule has 2 heterocycles. The molecule has 2 aromatic rings. The first-order valence-corrected chi connectivity index (χ1v) is 9.09. The van der Waals surface area contributed by atoms with Crippen molar-refractivity contribution in [3.63, 3.8) is 0 Å². The van der Waals surface area contributed by atoms with Crippen LogP contribution in [0.5, 0.6) is 0 Å². The number of benzene rings is 1. The van der Waals surface area contributed by atoms with Crippen LogP contribution in [0.25, 0.3) is 11.0 Å². The molecule has 4 N–H and O–H groups in total. The van der Waals surface area contributed by atoms with Gasteiger partial charge in [0.05, 0.1) is 6.54 Å². The molecular formula is C19H27N5O2. The second kappa shape index (κ2) is 8.71. The van der Waals surface area contributed by atoms with E-state index in [4.69, 9.17) is 10.2 Å². The van der Waals surface area contributed by atoms with Crippen molar-refractivity contribution in [1.29, 1.82) is 0 Å². The van der Waals surface area contributed by atoms with Crippen LogP contribution in [-0.2, 0) is 11.2 Å². The fourth-order valence-corrected chi connectivity index (χ4v) is 3.31. The number of fused-ring (bicyclic) bond motifs is 1. The van der Waals surface area contributed by atoms with Gasteiger partial charge >= 0.3 is 0 Å². The van der Waals surface area contributed by atoms with Crippen LogP contribution in [0.15, 0.2) is 39.7 Å². The zero-order valence-electron chi connectivity index (χ0n) is 15.2. The number of nitrogens with zero attached hydrogens (tertiary/aromatic N) is 2. The van der Waals surface area contributed by atoms with Crippen molar-refractivity contribution >= 4 is 22.8 Å². The number of para-hydroxylation sites is 1. The van der Waals surface area contributed by atoms with Crippen molar-refractivity contribution in [2.75, 3.05) is 33.2 Å². The maximum Gasteiger partial charge on any atom is 0.231 e. The summed E-state index contributed by atoms with van der Waals surface area (Å²) >= 11 is 0. The van der Waals surface area contributed by atoms with E-state index in [0.717, 1.165) is 61.6 Å². The van der Waals surface area contributed by atoms with Crippen LogP contribution >= 0.6 is 0 Å². The highest BCUT2D eigenvalue weighted by Gasteiger charge is 2.20. The van der Waals surface area contributed by atoms with Crippen LogP contribution < -0.4 is 16.4 Å². The van der Waals surface area contributed by atoms with Gasteiger partial charge in [0.1, 0.15) is 11.3 Å². The van der Waals surface area contributed by atoms with Crippen molar-refractivity contribution in [3.8, 4) is 0 Å². The van der Waals surface area contributed by atoms with E-state index in [-0.39, 0.29) is 5.91 Å². The van der Waals surface area contributed by atoms with E-state index in [9.17, 15) is 4.79 Å². The van der Waals surface area contributed by atoms with Crippen molar-refractivity contribution in [2.45, 2.75) is 25.3 Å². The van der Waals surface area contributed by atoms with Crippen LogP contribution in [-0.4, -0.2) is 56.0 Å². The molecule has 0 radical (unpaired) electrons. The predicted octanol–water partition coefficient (Wildman–Crippen LogP) is 1.09. The molecule has 3 rings (SSSR count). The Morgan fingerprint density at radius 1 is 1.35 bits per heavy atom. The number of aliphatic imine (C=N–C) groups is 1. The third kappa shape index (κ3) is 4.98. The van der Waals surface area contributed by atoms with E-state index >= 15 is 0 Å². The average Bonchev–Trinajstić information content (AvgIpc) is 3.04. The Kier molecular flexibility index (Phi) is 6.12. The van der Waals surface area contributed by atoms with Gasteiger partial charge in [-0.05, 0) is 25.0 Å². The number of furan rings is 1. The van der Waals surface area contributed by atoms with Gasteiger partial charge in [0, 0.05) is 44.5 Å². The second-order valence-electron chi connectivity index (χ2n) is 6.66. The van der Waals surface area contributed by atoms with Gasteiger partial charge < -0.3 is 20.8 Å². The maximum atomic E-state index is 11.0. The summed E-state index contributed by atoms with van der Waals surface area (Å²) in [5.74, 6) is 1.50. The van der Waals surface area contributed by atoms with Gasteiger partial charge in [-0.1, -0.05) is 18.2 Å². The summed E-state index contributed by atoms with van der Waals surface area (Å²) in [6.45, 7) is 2.84. The smallest absolute Gasteiger partial charge is 0.231 e. The first-order valence-electron chi connectivity index (χ1n) is 9.09. The van der Waals surface area contributed by atoms with Crippen molar-refractivity contribution in [2.24, 2.45) is 10.7 Å². The lowest BCUT2D eigenvalue weighted by atomic mass is 10.1. The average molecular weight is 357 g/mol. The molecule has 1 aliphatic heterocycles. The lowest BCUT2D eigenvalue weighted by Gasteiger charge is -2.32. The first kappa shape index (κ1) is 18.3. The highest BCUT2D eigenvalue weighted by atomic mass is 16.3. The number of primary amides is 1. The number of nitrogens with one attached hydrogen (secondary N) is 2. The molecule has 7 heteroatoms. The number of guanidine groups is 1. The van der Waals surface area contributed by atoms with Crippen LogP contribution in [0.2, 0.25) is 0 Å².